The summed E-state index contributed by atoms with van der Waals surface area (Å²) in [6.07, 6.45) is 3.33. The van der Waals surface area contributed by atoms with Gasteiger partial charge in [-0.3, -0.25) is 0 Å². The van der Waals surface area contributed by atoms with Crippen LogP contribution in [-0.4, -0.2) is 27.5 Å². The minimum absolute atomic E-state index is 0.440. The molecule has 1 heterocycles. The van der Waals surface area contributed by atoms with Crippen molar-refractivity contribution in [2.24, 2.45) is 0 Å². The molecule has 0 amide bonds. The molecular weight excluding hydrogens is 420 g/mol. The van der Waals surface area contributed by atoms with Crippen LogP contribution >= 0.6 is 0 Å². The van der Waals surface area contributed by atoms with Crippen LogP contribution in [0.4, 0.5) is 0 Å². The van der Waals surface area contributed by atoms with E-state index in [9.17, 15) is 17.5 Å². The lowest BCUT2D eigenvalue weighted by molar-refractivity contribution is 0.522. The first-order valence-electron chi connectivity index (χ1n) is 9.30. The lowest BCUT2D eigenvalue weighted by Crippen LogP contribution is -2.24. The van der Waals surface area contributed by atoms with Gasteiger partial charge in [0, 0.05) is 23.5 Å². The van der Waals surface area contributed by atoms with Crippen LogP contribution in [0.1, 0.15) is 38.8 Å². The van der Waals surface area contributed by atoms with E-state index in [2.05, 4.69) is 9.97 Å². The summed E-state index contributed by atoms with van der Waals surface area (Å²) in [6.45, 7) is 6.82. The molecule has 0 radical (unpaired) electrons. The van der Waals surface area contributed by atoms with Crippen LogP contribution in [0.15, 0.2) is 60.9 Å². The molecule has 2 atom stereocenters. The standard InChI is InChI=1S/C22H24N2O4S2/c1-21(2,29(25)26)18-11-7-5-9-16(18)15-13-23-20(24-14-15)17-10-6-8-12-19(17)22(3,4)30(27)28/h5-14H,1-4H3,(H,25,26)(H,27,28). The molecule has 3 rings (SSSR count). The number of hydrogen-bond donors (Lipinski definition) is 2. The second kappa shape index (κ2) is 8.47. The zero-order valence-corrected chi connectivity index (χ0v) is 18.8. The molecule has 30 heavy (non-hydrogen) atoms. The van der Waals surface area contributed by atoms with E-state index >= 15 is 0 Å². The summed E-state index contributed by atoms with van der Waals surface area (Å²) >= 11 is -4.13. The first-order chi connectivity index (χ1) is 14.1. The van der Waals surface area contributed by atoms with Crippen molar-refractivity contribution < 1.29 is 17.5 Å². The third kappa shape index (κ3) is 4.13. The average Bonchev–Trinajstić information content (AvgIpc) is 2.73. The van der Waals surface area contributed by atoms with E-state index in [1.165, 1.54) is 0 Å². The van der Waals surface area contributed by atoms with Gasteiger partial charge in [-0.25, -0.2) is 18.4 Å². The van der Waals surface area contributed by atoms with Crippen LogP contribution in [0, 0.1) is 0 Å². The van der Waals surface area contributed by atoms with Gasteiger partial charge in [-0.1, -0.05) is 48.5 Å². The maximum absolute atomic E-state index is 11.9. The van der Waals surface area contributed by atoms with Crippen molar-refractivity contribution in [1.82, 2.24) is 9.97 Å². The number of aromatic nitrogens is 2. The second-order valence-corrected chi connectivity index (χ2v) is 10.9. The molecular formula is C22H24N2O4S2. The lowest BCUT2D eigenvalue weighted by atomic mass is 9.93. The summed E-state index contributed by atoms with van der Waals surface area (Å²) in [5.41, 5.74) is 3.58. The molecule has 1 aromatic heterocycles. The third-order valence-electron chi connectivity index (χ3n) is 5.23. The van der Waals surface area contributed by atoms with E-state index in [1.807, 2.05) is 42.5 Å². The predicted molar refractivity (Wildman–Crippen MR) is 120 cm³/mol. The summed E-state index contributed by atoms with van der Waals surface area (Å²) in [6, 6.07) is 14.7. The molecule has 8 heteroatoms. The van der Waals surface area contributed by atoms with Crippen LogP contribution in [0.25, 0.3) is 22.5 Å². The molecule has 0 aliphatic carbocycles. The molecule has 0 saturated carbocycles. The first-order valence-corrected chi connectivity index (χ1v) is 11.5. The maximum Gasteiger partial charge on any atom is 0.163 e. The molecule has 2 N–H and O–H groups in total. The van der Waals surface area contributed by atoms with Gasteiger partial charge in [-0.05, 0) is 44.4 Å². The highest BCUT2D eigenvalue weighted by atomic mass is 32.2. The van der Waals surface area contributed by atoms with Gasteiger partial charge in [0.05, 0.1) is 9.49 Å². The Labute approximate surface area is 181 Å². The van der Waals surface area contributed by atoms with Crippen molar-refractivity contribution in [1.29, 1.82) is 0 Å². The largest absolute Gasteiger partial charge is 0.305 e. The van der Waals surface area contributed by atoms with Gasteiger partial charge in [0.25, 0.3) is 0 Å². The number of benzene rings is 2. The summed E-state index contributed by atoms with van der Waals surface area (Å²) in [5.74, 6) is 0.440. The molecule has 0 aliphatic rings. The maximum atomic E-state index is 11.9. The molecule has 2 aromatic carbocycles. The quantitative estimate of drug-likeness (QED) is 0.534. The van der Waals surface area contributed by atoms with Crippen molar-refractivity contribution >= 4 is 22.2 Å². The molecule has 6 nitrogen and oxygen atoms in total. The number of rotatable bonds is 6. The highest BCUT2D eigenvalue weighted by Crippen LogP contribution is 2.36. The molecule has 0 saturated heterocycles. The van der Waals surface area contributed by atoms with Gasteiger partial charge in [-0.2, -0.15) is 0 Å². The van der Waals surface area contributed by atoms with Gasteiger partial charge in [0.2, 0.25) is 0 Å². The van der Waals surface area contributed by atoms with Gasteiger partial charge >= 0.3 is 0 Å². The van der Waals surface area contributed by atoms with Crippen LogP contribution in [0.2, 0.25) is 0 Å². The zero-order chi connectivity index (χ0) is 22.1. The second-order valence-electron chi connectivity index (χ2n) is 7.91. The Morgan fingerprint density at radius 2 is 1.10 bits per heavy atom. The Balaban J connectivity index is 2.08. The monoisotopic (exact) mass is 444 g/mol. The van der Waals surface area contributed by atoms with Crippen LogP contribution < -0.4 is 0 Å². The van der Waals surface area contributed by atoms with Crippen molar-refractivity contribution in [2.45, 2.75) is 37.2 Å². The van der Waals surface area contributed by atoms with Gasteiger partial charge in [0.15, 0.2) is 28.0 Å². The van der Waals surface area contributed by atoms with E-state index in [-0.39, 0.29) is 0 Å². The van der Waals surface area contributed by atoms with E-state index < -0.39 is 31.7 Å². The van der Waals surface area contributed by atoms with Crippen molar-refractivity contribution in [3.05, 3.63) is 72.1 Å². The van der Waals surface area contributed by atoms with Crippen LogP contribution in [-0.2, 0) is 31.7 Å². The molecule has 0 aliphatic heterocycles. The number of hydrogen-bond acceptors (Lipinski definition) is 4. The molecule has 3 aromatic rings. The Hall–Kier alpha value is -2.26. The van der Waals surface area contributed by atoms with E-state index in [0.29, 0.717) is 17.0 Å². The zero-order valence-electron chi connectivity index (χ0n) is 17.2. The van der Waals surface area contributed by atoms with E-state index in [0.717, 1.165) is 16.7 Å². The van der Waals surface area contributed by atoms with E-state index in [4.69, 9.17) is 0 Å². The third-order valence-corrected chi connectivity index (χ3v) is 7.41. The SMILES string of the molecule is CC(C)(c1ccccc1-c1cnc(-c2ccccc2C(C)(C)S(=O)O)nc1)S(=O)O. The fraction of sp³-hybridized carbons (Fsp3) is 0.273. The molecule has 2 unspecified atom stereocenters. The lowest BCUT2D eigenvalue weighted by Gasteiger charge is -2.24. The summed E-state index contributed by atoms with van der Waals surface area (Å²) in [7, 11) is 0. The topological polar surface area (TPSA) is 100 Å². The Kier molecular flexibility index (Phi) is 6.33. The Morgan fingerprint density at radius 3 is 1.57 bits per heavy atom. The van der Waals surface area contributed by atoms with Gasteiger partial charge in [0.1, 0.15) is 0 Å². The highest BCUT2D eigenvalue weighted by Gasteiger charge is 2.32. The summed E-state index contributed by atoms with van der Waals surface area (Å²) < 4.78 is 41.3. The fourth-order valence-electron chi connectivity index (χ4n) is 3.26. The van der Waals surface area contributed by atoms with Crippen molar-refractivity contribution in [3.8, 4) is 22.5 Å². The van der Waals surface area contributed by atoms with Crippen molar-refractivity contribution in [3.63, 3.8) is 0 Å². The van der Waals surface area contributed by atoms with Crippen molar-refractivity contribution in [2.75, 3.05) is 0 Å². The molecule has 158 valence electrons. The first kappa shape index (κ1) is 22.4. The normalized spacial score (nSPS) is 14.3. The summed E-state index contributed by atoms with van der Waals surface area (Å²) in [4.78, 5) is 8.99. The minimum atomic E-state index is -2.07. The Morgan fingerprint density at radius 1 is 0.700 bits per heavy atom. The Bertz CT molecular complexity index is 1020. The molecule has 0 bridgehead atoms. The fourth-order valence-corrected chi connectivity index (χ4v) is 3.99. The summed E-state index contributed by atoms with van der Waals surface area (Å²) in [5, 5.41) is 0. The van der Waals surface area contributed by atoms with Gasteiger partial charge in [-0.15, -0.1) is 0 Å². The van der Waals surface area contributed by atoms with Crippen LogP contribution in [0.3, 0.4) is 0 Å². The molecule has 0 spiro atoms. The van der Waals surface area contributed by atoms with Gasteiger partial charge < -0.3 is 9.11 Å². The smallest absolute Gasteiger partial charge is 0.163 e. The number of nitrogens with zero attached hydrogens (tertiary/aromatic N) is 2. The van der Waals surface area contributed by atoms with E-state index in [1.54, 1.807) is 46.2 Å². The predicted octanol–water partition coefficient (Wildman–Crippen LogP) is 4.72. The van der Waals surface area contributed by atoms with Crippen LogP contribution in [0.5, 0.6) is 0 Å². The molecule has 0 fully saturated rings. The highest BCUT2D eigenvalue weighted by molar-refractivity contribution is 7.80. The average molecular weight is 445 g/mol. The minimum Gasteiger partial charge on any atom is -0.305 e.